The molecule has 4 aromatic carbocycles. The van der Waals surface area contributed by atoms with Crippen LogP contribution in [0.2, 0.25) is 0 Å². The lowest BCUT2D eigenvalue weighted by Crippen LogP contribution is -2.00. The lowest BCUT2D eigenvalue weighted by Gasteiger charge is -2.14. The van der Waals surface area contributed by atoms with E-state index in [0.29, 0.717) is 0 Å². The highest BCUT2D eigenvalue weighted by molar-refractivity contribution is 5.43. The summed E-state index contributed by atoms with van der Waals surface area (Å²) in [5.74, 6) is 0. The van der Waals surface area contributed by atoms with Gasteiger partial charge in [-0.15, -0.1) is 0 Å². The minimum Gasteiger partial charge on any atom is -0.399 e. The number of hydrogen-bond acceptors (Lipinski definition) is 2. The van der Waals surface area contributed by atoms with Crippen molar-refractivity contribution >= 4 is 11.4 Å². The Morgan fingerprint density at radius 3 is 0.980 bits per heavy atom. The van der Waals surface area contributed by atoms with Crippen LogP contribution in [-0.2, 0) is 38.5 Å². The first-order chi connectivity index (χ1) is 24.5. The van der Waals surface area contributed by atoms with Crippen molar-refractivity contribution in [1.29, 1.82) is 0 Å². The van der Waals surface area contributed by atoms with Gasteiger partial charge in [-0.3, -0.25) is 0 Å². The summed E-state index contributed by atoms with van der Waals surface area (Å²) < 4.78 is 0. The predicted octanol–water partition coefficient (Wildman–Crippen LogP) is 13.2. The number of nitrogen functional groups attached to an aromatic ring is 2. The summed E-state index contributed by atoms with van der Waals surface area (Å²) in [6, 6.07) is 31.4. The van der Waals surface area contributed by atoms with Crippen molar-refractivity contribution in [3.63, 3.8) is 0 Å². The molecule has 0 heterocycles. The van der Waals surface area contributed by atoms with Gasteiger partial charge in [-0.2, -0.15) is 0 Å². The van der Waals surface area contributed by atoms with E-state index in [1.807, 2.05) is 24.3 Å². The van der Waals surface area contributed by atoms with Crippen molar-refractivity contribution in [2.24, 2.45) is 0 Å². The highest BCUT2D eigenvalue weighted by atomic mass is 14.5. The fraction of sp³-hybridized carbons (Fsp3) is 0.500. The zero-order valence-corrected chi connectivity index (χ0v) is 31.8. The molecule has 0 atom stereocenters. The first-order valence-electron chi connectivity index (χ1n) is 20.4. The van der Waals surface area contributed by atoms with Crippen LogP contribution in [0.25, 0.3) is 0 Å². The summed E-state index contributed by atoms with van der Waals surface area (Å²) in [4.78, 5) is 0. The van der Waals surface area contributed by atoms with Gasteiger partial charge < -0.3 is 11.5 Å². The third-order valence-electron chi connectivity index (χ3n) is 10.6. The molecule has 0 amide bonds. The van der Waals surface area contributed by atoms with E-state index in [9.17, 15) is 0 Å². The van der Waals surface area contributed by atoms with Gasteiger partial charge in [0.05, 0.1) is 0 Å². The van der Waals surface area contributed by atoms with Crippen molar-refractivity contribution in [3.05, 3.63) is 129 Å². The summed E-state index contributed by atoms with van der Waals surface area (Å²) in [6.07, 6.45) is 28.2. The molecule has 50 heavy (non-hydrogen) atoms. The maximum atomic E-state index is 5.94. The van der Waals surface area contributed by atoms with Gasteiger partial charge in [0.15, 0.2) is 0 Å². The first kappa shape index (κ1) is 39.3. The van der Waals surface area contributed by atoms with Crippen molar-refractivity contribution < 1.29 is 0 Å². The van der Waals surface area contributed by atoms with Crippen LogP contribution < -0.4 is 11.5 Å². The molecule has 4 N–H and O–H groups in total. The van der Waals surface area contributed by atoms with E-state index >= 15 is 0 Å². The van der Waals surface area contributed by atoms with Crippen molar-refractivity contribution in [2.75, 3.05) is 11.5 Å². The monoisotopic (exact) mass is 673 g/mol. The van der Waals surface area contributed by atoms with Gasteiger partial charge in [0.25, 0.3) is 0 Å². The van der Waals surface area contributed by atoms with E-state index in [1.54, 1.807) is 22.3 Å². The fourth-order valence-electron chi connectivity index (χ4n) is 7.45. The van der Waals surface area contributed by atoms with Gasteiger partial charge in [-0.1, -0.05) is 152 Å². The summed E-state index contributed by atoms with van der Waals surface area (Å²) in [5, 5.41) is 0. The highest BCUT2D eigenvalue weighted by Gasteiger charge is 2.09. The second kappa shape index (κ2) is 23.0. The molecule has 270 valence electrons. The van der Waals surface area contributed by atoms with Crippen LogP contribution in [0.4, 0.5) is 11.4 Å². The predicted molar refractivity (Wildman–Crippen MR) is 220 cm³/mol. The minimum atomic E-state index is 0.838. The Morgan fingerprint density at radius 2 is 0.620 bits per heavy atom. The van der Waals surface area contributed by atoms with Crippen LogP contribution in [0, 0.1) is 0 Å². The molecule has 4 aromatic rings. The number of rotatable bonds is 25. The Morgan fingerprint density at radius 1 is 0.320 bits per heavy atom. The highest BCUT2D eigenvalue weighted by Crippen LogP contribution is 2.24. The SMILES string of the molecule is CCCCCCCCc1cc(Cc2ccc(N)cc2)ccc1CCCCCCc1ccc(Cc2ccc(N)cc2)cc1CCCCCCCC. The molecule has 0 saturated carbocycles. The third-order valence-corrected chi connectivity index (χ3v) is 10.6. The summed E-state index contributed by atoms with van der Waals surface area (Å²) >= 11 is 0. The molecular weight excluding hydrogens is 605 g/mol. The average Bonchev–Trinajstić information content (AvgIpc) is 3.12. The lowest BCUT2D eigenvalue weighted by molar-refractivity contribution is 0.602. The summed E-state index contributed by atoms with van der Waals surface area (Å²) in [7, 11) is 0. The van der Waals surface area contributed by atoms with Crippen LogP contribution in [0.3, 0.4) is 0 Å². The molecule has 4 rings (SSSR count). The Kier molecular flexibility index (Phi) is 18.1. The van der Waals surface area contributed by atoms with E-state index in [0.717, 1.165) is 24.2 Å². The average molecular weight is 673 g/mol. The molecule has 0 aromatic heterocycles. The normalized spacial score (nSPS) is 11.3. The molecule has 2 nitrogen and oxygen atoms in total. The zero-order chi connectivity index (χ0) is 35.2. The van der Waals surface area contributed by atoms with E-state index in [1.165, 1.54) is 151 Å². The number of hydrogen-bond donors (Lipinski definition) is 2. The third kappa shape index (κ3) is 14.8. The van der Waals surface area contributed by atoms with Crippen LogP contribution in [0.5, 0.6) is 0 Å². The smallest absolute Gasteiger partial charge is 0.0314 e. The number of aryl methyl sites for hydroxylation is 4. The molecule has 0 aliphatic heterocycles. The second-order valence-corrected chi connectivity index (χ2v) is 15.0. The van der Waals surface area contributed by atoms with E-state index in [2.05, 4.69) is 74.5 Å². The Labute approximate surface area is 306 Å². The summed E-state index contributed by atoms with van der Waals surface area (Å²) in [6.45, 7) is 4.60. The Hall–Kier alpha value is -3.52. The molecule has 0 radical (unpaired) electrons. The van der Waals surface area contributed by atoms with Gasteiger partial charge in [0, 0.05) is 11.4 Å². The van der Waals surface area contributed by atoms with Gasteiger partial charge in [0.1, 0.15) is 0 Å². The van der Waals surface area contributed by atoms with Crippen LogP contribution in [-0.4, -0.2) is 0 Å². The van der Waals surface area contributed by atoms with Crippen molar-refractivity contribution in [3.8, 4) is 0 Å². The van der Waals surface area contributed by atoms with Crippen molar-refractivity contribution in [2.45, 2.75) is 155 Å². The van der Waals surface area contributed by atoms with Crippen LogP contribution in [0.1, 0.15) is 161 Å². The minimum absolute atomic E-state index is 0.838. The number of anilines is 2. The Balaban J connectivity index is 1.29. The molecule has 0 fully saturated rings. The first-order valence-corrected chi connectivity index (χ1v) is 20.4. The second-order valence-electron chi connectivity index (χ2n) is 15.0. The molecule has 0 aliphatic rings. The largest absolute Gasteiger partial charge is 0.399 e. The molecular formula is C48H68N2. The number of benzene rings is 4. The summed E-state index contributed by atoms with van der Waals surface area (Å²) in [5.41, 5.74) is 25.4. The maximum Gasteiger partial charge on any atom is 0.0314 e. The lowest BCUT2D eigenvalue weighted by atomic mass is 9.92. The van der Waals surface area contributed by atoms with Gasteiger partial charge in [0.2, 0.25) is 0 Å². The van der Waals surface area contributed by atoms with Crippen molar-refractivity contribution in [1.82, 2.24) is 0 Å². The molecule has 0 unspecified atom stereocenters. The molecule has 0 saturated heterocycles. The molecule has 0 spiro atoms. The molecule has 0 aliphatic carbocycles. The van der Waals surface area contributed by atoms with E-state index in [-0.39, 0.29) is 0 Å². The topological polar surface area (TPSA) is 52.0 Å². The Bertz CT molecular complexity index is 1370. The molecule has 0 bridgehead atoms. The van der Waals surface area contributed by atoms with Gasteiger partial charge >= 0.3 is 0 Å². The van der Waals surface area contributed by atoms with E-state index in [4.69, 9.17) is 11.5 Å². The zero-order valence-electron chi connectivity index (χ0n) is 31.8. The van der Waals surface area contributed by atoms with E-state index < -0.39 is 0 Å². The fourth-order valence-corrected chi connectivity index (χ4v) is 7.45. The van der Waals surface area contributed by atoms with Gasteiger partial charge in [-0.25, -0.2) is 0 Å². The quantitative estimate of drug-likeness (QED) is 0.0544. The maximum absolute atomic E-state index is 5.94. The van der Waals surface area contributed by atoms with Crippen LogP contribution in [0.15, 0.2) is 84.9 Å². The number of nitrogens with two attached hydrogens (primary N) is 2. The molecule has 2 heteroatoms. The number of unbranched alkanes of at least 4 members (excludes halogenated alkanes) is 13. The van der Waals surface area contributed by atoms with Gasteiger partial charge in [-0.05, 0) is 133 Å². The van der Waals surface area contributed by atoms with Crippen LogP contribution >= 0.6 is 0 Å². The standard InChI is InChI=1S/C48H68N2/c1-3-5-7-9-11-17-21-45-37-41(35-39-25-31-47(49)32-26-39)23-29-43(45)19-15-13-14-16-20-44-30-24-42(36-40-27-33-48(50)34-28-40)38-46(44)22-18-12-10-8-6-4-2/h23-34,37-38H,3-22,35-36,49-50H2,1-2H3.